The second-order valence-electron chi connectivity index (χ2n) is 3.80. The first-order valence-corrected chi connectivity index (χ1v) is 4.98. The van der Waals surface area contributed by atoms with Crippen molar-refractivity contribution in [2.45, 2.75) is 31.6 Å². The summed E-state index contributed by atoms with van der Waals surface area (Å²) in [5.41, 5.74) is 1.30. The maximum Gasteiger partial charge on any atom is 0.222 e. The van der Waals surface area contributed by atoms with E-state index in [1.165, 1.54) is 31.7 Å². The van der Waals surface area contributed by atoms with Crippen molar-refractivity contribution in [3.63, 3.8) is 0 Å². The van der Waals surface area contributed by atoms with E-state index in [0.717, 1.165) is 5.56 Å². The summed E-state index contributed by atoms with van der Waals surface area (Å²) in [6.45, 7) is 6.84. The summed E-state index contributed by atoms with van der Waals surface area (Å²) < 4.78 is 13.0. The summed E-state index contributed by atoms with van der Waals surface area (Å²) in [4.78, 5) is 3.18. The Morgan fingerprint density at radius 3 is 2.64 bits per heavy atom. The number of hydrogen-bond donors (Lipinski definition) is 0. The third-order valence-corrected chi connectivity index (χ3v) is 2.92. The Morgan fingerprint density at radius 1 is 1.29 bits per heavy atom. The number of nitrogens with zero attached hydrogens (tertiary/aromatic N) is 1. The molecule has 2 rings (SSSR count). The van der Waals surface area contributed by atoms with Crippen LogP contribution in [0.15, 0.2) is 18.2 Å². The molecule has 0 N–H and O–H groups in total. The van der Waals surface area contributed by atoms with E-state index in [0.29, 0.717) is 5.92 Å². The summed E-state index contributed by atoms with van der Waals surface area (Å²) >= 11 is 0. The van der Waals surface area contributed by atoms with E-state index in [4.69, 9.17) is 6.57 Å². The molecule has 72 valence electrons. The molecule has 1 aliphatic carbocycles. The molecule has 14 heavy (non-hydrogen) atoms. The van der Waals surface area contributed by atoms with Gasteiger partial charge in [0.1, 0.15) is 5.82 Å². The average molecular weight is 189 g/mol. The van der Waals surface area contributed by atoms with Crippen molar-refractivity contribution in [3.05, 3.63) is 41.0 Å². The molecule has 0 heterocycles. The van der Waals surface area contributed by atoms with E-state index in [9.17, 15) is 4.39 Å². The fourth-order valence-corrected chi connectivity index (χ4v) is 2.13. The van der Waals surface area contributed by atoms with Gasteiger partial charge >= 0.3 is 0 Å². The summed E-state index contributed by atoms with van der Waals surface area (Å²) in [6, 6.07) is 4.94. The SMILES string of the molecule is [C-]#[N+]c1cc(C2CCCC2)ccc1F. The highest BCUT2D eigenvalue weighted by atomic mass is 19.1. The van der Waals surface area contributed by atoms with Gasteiger partial charge in [0, 0.05) is 0 Å². The molecular weight excluding hydrogens is 177 g/mol. The Kier molecular flexibility index (Phi) is 2.49. The van der Waals surface area contributed by atoms with Gasteiger partial charge in [0.2, 0.25) is 5.69 Å². The van der Waals surface area contributed by atoms with Crippen LogP contribution in [0.25, 0.3) is 4.85 Å². The lowest BCUT2D eigenvalue weighted by atomic mass is 9.97. The minimum Gasteiger partial charge on any atom is -0.235 e. The van der Waals surface area contributed by atoms with Crippen molar-refractivity contribution in [1.82, 2.24) is 0 Å². The summed E-state index contributed by atoms with van der Waals surface area (Å²) in [5.74, 6) is 0.151. The molecule has 1 aromatic carbocycles. The van der Waals surface area contributed by atoms with Crippen LogP contribution in [-0.4, -0.2) is 0 Å². The molecule has 0 bridgehead atoms. The lowest BCUT2D eigenvalue weighted by Gasteiger charge is -2.09. The average Bonchev–Trinajstić information content (AvgIpc) is 2.71. The lowest BCUT2D eigenvalue weighted by Crippen LogP contribution is -1.91. The minimum absolute atomic E-state index is 0.161. The maximum absolute atomic E-state index is 13.0. The molecule has 1 aliphatic rings. The van der Waals surface area contributed by atoms with Crippen LogP contribution in [0.2, 0.25) is 0 Å². The van der Waals surface area contributed by atoms with Gasteiger partial charge in [-0.3, -0.25) is 0 Å². The van der Waals surface area contributed by atoms with Crippen LogP contribution in [0.1, 0.15) is 37.2 Å². The van der Waals surface area contributed by atoms with Crippen molar-refractivity contribution >= 4 is 5.69 Å². The van der Waals surface area contributed by atoms with Gasteiger partial charge in [-0.25, -0.2) is 9.24 Å². The molecule has 1 nitrogen and oxygen atoms in total. The Bertz CT molecular complexity index is 372. The van der Waals surface area contributed by atoms with Crippen molar-refractivity contribution in [1.29, 1.82) is 0 Å². The monoisotopic (exact) mass is 189 g/mol. The summed E-state index contributed by atoms with van der Waals surface area (Å²) in [5, 5.41) is 0. The topological polar surface area (TPSA) is 4.36 Å². The van der Waals surface area contributed by atoms with Crippen LogP contribution in [0.5, 0.6) is 0 Å². The van der Waals surface area contributed by atoms with Crippen LogP contribution in [0.3, 0.4) is 0 Å². The van der Waals surface area contributed by atoms with E-state index in [2.05, 4.69) is 4.85 Å². The quantitative estimate of drug-likeness (QED) is 0.587. The predicted octanol–water partition coefficient (Wildman–Crippen LogP) is 4.03. The van der Waals surface area contributed by atoms with Gasteiger partial charge in [-0.2, -0.15) is 0 Å². The Morgan fingerprint density at radius 2 is 2.00 bits per heavy atom. The van der Waals surface area contributed by atoms with Gasteiger partial charge in [-0.1, -0.05) is 30.5 Å². The van der Waals surface area contributed by atoms with E-state index >= 15 is 0 Å². The molecule has 0 unspecified atom stereocenters. The van der Waals surface area contributed by atoms with Gasteiger partial charge in [-0.05, 0) is 24.8 Å². The molecule has 2 heteroatoms. The summed E-state index contributed by atoms with van der Waals surface area (Å²) in [6.07, 6.45) is 4.89. The first-order chi connectivity index (χ1) is 6.81. The second-order valence-corrected chi connectivity index (χ2v) is 3.80. The van der Waals surface area contributed by atoms with Crippen LogP contribution >= 0.6 is 0 Å². The molecule has 0 aliphatic heterocycles. The predicted molar refractivity (Wildman–Crippen MR) is 53.9 cm³/mol. The molecule has 0 amide bonds. The molecule has 1 saturated carbocycles. The van der Waals surface area contributed by atoms with E-state index < -0.39 is 5.82 Å². The van der Waals surface area contributed by atoms with Gasteiger partial charge in [0.05, 0.1) is 6.57 Å². The standard InChI is InChI=1S/C12H12FN/c1-14-12-8-10(6-7-11(12)13)9-4-2-3-5-9/h6-9H,2-5H2. The molecular formula is C12H12FN. The maximum atomic E-state index is 13.0. The van der Waals surface area contributed by atoms with Crippen molar-refractivity contribution in [2.75, 3.05) is 0 Å². The van der Waals surface area contributed by atoms with E-state index in [1.54, 1.807) is 6.07 Å². The van der Waals surface area contributed by atoms with Crippen LogP contribution in [0, 0.1) is 12.4 Å². The van der Waals surface area contributed by atoms with Crippen molar-refractivity contribution in [2.24, 2.45) is 0 Å². The van der Waals surface area contributed by atoms with Gasteiger partial charge in [0.25, 0.3) is 0 Å². The highest BCUT2D eigenvalue weighted by Crippen LogP contribution is 2.35. The Balaban J connectivity index is 2.31. The Labute approximate surface area is 83.4 Å². The first-order valence-electron chi connectivity index (χ1n) is 4.98. The normalized spacial score (nSPS) is 16.9. The zero-order valence-electron chi connectivity index (χ0n) is 7.96. The van der Waals surface area contributed by atoms with Gasteiger partial charge in [-0.15, -0.1) is 0 Å². The number of benzene rings is 1. The highest BCUT2D eigenvalue weighted by Gasteiger charge is 2.17. The zero-order valence-corrected chi connectivity index (χ0v) is 7.96. The molecule has 0 radical (unpaired) electrons. The molecule has 0 saturated heterocycles. The third kappa shape index (κ3) is 1.63. The van der Waals surface area contributed by atoms with Crippen molar-refractivity contribution < 1.29 is 4.39 Å². The largest absolute Gasteiger partial charge is 0.235 e. The molecule has 0 spiro atoms. The van der Waals surface area contributed by atoms with Crippen LogP contribution < -0.4 is 0 Å². The zero-order chi connectivity index (χ0) is 9.97. The molecule has 0 aromatic heterocycles. The molecule has 1 aromatic rings. The van der Waals surface area contributed by atoms with Crippen molar-refractivity contribution in [3.8, 4) is 0 Å². The first kappa shape index (κ1) is 9.21. The fourth-order valence-electron chi connectivity index (χ4n) is 2.13. The second kappa shape index (κ2) is 3.79. The van der Waals surface area contributed by atoms with Gasteiger partial charge < -0.3 is 0 Å². The number of hydrogen-bond acceptors (Lipinski definition) is 0. The highest BCUT2D eigenvalue weighted by molar-refractivity contribution is 5.49. The van der Waals surface area contributed by atoms with E-state index in [1.807, 2.05) is 6.07 Å². The lowest BCUT2D eigenvalue weighted by molar-refractivity contribution is 0.630. The van der Waals surface area contributed by atoms with E-state index in [-0.39, 0.29) is 5.69 Å². The van der Waals surface area contributed by atoms with Crippen LogP contribution in [0.4, 0.5) is 10.1 Å². The minimum atomic E-state index is -0.401. The Hall–Kier alpha value is -1.36. The fraction of sp³-hybridized carbons (Fsp3) is 0.417. The van der Waals surface area contributed by atoms with Crippen LogP contribution in [-0.2, 0) is 0 Å². The smallest absolute Gasteiger partial charge is 0.222 e. The third-order valence-electron chi connectivity index (χ3n) is 2.92. The summed E-state index contributed by atoms with van der Waals surface area (Å²) in [7, 11) is 0. The number of rotatable bonds is 1. The number of halogens is 1. The molecule has 0 atom stereocenters. The van der Waals surface area contributed by atoms with Gasteiger partial charge in [0.15, 0.2) is 0 Å². The molecule has 1 fully saturated rings.